The summed E-state index contributed by atoms with van der Waals surface area (Å²) in [6.45, 7) is 6.36. The molecule has 1 aromatic rings. The maximum absolute atomic E-state index is 11.9. The number of nitrogens with two attached hydrogens (primary N) is 1. The van der Waals surface area contributed by atoms with Crippen LogP contribution in [-0.4, -0.2) is 30.5 Å². The quantitative estimate of drug-likeness (QED) is 0.813. The highest BCUT2D eigenvalue weighted by Gasteiger charge is 2.16. The lowest BCUT2D eigenvalue weighted by atomic mass is 10.2. The largest absolute Gasteiger partial charge is 0.497 e. The number of benzene rings is 1. The third kappa shape index (κ3) is 5.32. The SMILES string of the molecule is C=CCN(Cc1ccc(OC)cc1)C(=O)[C@@H](C)N.Cl. The number of hydrogen-bond acceptors (Lipinski definition) is 3. The van der Waals surface area contributed by atoms with E-state index >= 15 is 0 Å². The number of ether oxygens (including phenoxy) is 1. The molecule has 5 heteroatoms. The van der Waals surface area contributed by atoms with E-state index in [2.05, 4.69) is 6.58 Å². The number of amides is 1. The second-order valence-electron chi connectivity index (χ2n) is 4.14. The Labute approximate surface area is 120 Å². The molecule has 0 bridgehead atoms. The van der Waals surface area contributed by atoms with E-state index in [0.29, 0.717) is 13.1 Å². The van der Waals surface area contributed by atoms with Crippen LogP contribution < -0.4 is 10.5 Å². The zero-order valence-corrected chi connectivity index (χ0v) is 12.2. The molecular formula is C14H21ClN2O2. The minimum Gasteiger partial charge on any atom is -0.497 e. The van der Waals surface area contributed by atoms with E-state index in [-0.39, 0.29) is 18.3 Å². The van der Waals surface area contributed by atoms with E-state index in [1.165, 1.54) is 0 Å². The van der Waals surface area contributed by atoms with Crippen LogP contribution in [0.15, 0.2) is 36.9 Å². The van der Waals surface area contributed by atoms with Gasteiger partial charge in [-0.25, -0.2) is 0 Å². The van der Waals surface area contributed by atoms with Crippen molar-refractivity contribution in [3.63, 3.8) is 0 Å². The molecule has 2 N–H and O–H groups in total. The number of hydrogen-bond donors (Lipinski definition) is 1. The van der Waals surface area contributed by atoms with Crippen LogP contribution in [-0.2, 0) is 11.3 Å². The summed E-state index contributed by atoms with van der Waals surface area (Å²) < 4.78 is 5.09. The fourth-order valence-corrected chi connectivity index (χ4v) is 1.63. The first-order valence-corrected chi connectivity index (χ1v) is 5.86. The summed E-state index contributed by atoms with van der Waals surface area (Å²) in [5.74, 6) is 0.721. The van der Waals surface area contributed by atoms with Gasteiger partial charge in [0.2, 0.25) is 5.91 Å². The van der Waals surface area contributed by atoms with E-state index < -0.39 is 6.04 Å². The lowest BCUT2D eigenvalue weighted by Crippen LogP contribution is -2.41. The fourth-order valence-electron chi connectivity index (χ4n) is 1.63. The van der Waals surface area contributed by atoms with Crippen molar-refractivity contribution in [1.29, 1.82) is 0 Å². The lowest BCUT2D eigenvalue weighted by molar-refractivity contribution is -0.132. The summed E-state index contributed by atoms with van der Waals surface area (Å²) in [4.78, 5) is 13.6. The normalized spacial score (nSPS) is 11.1. The minimum absolute atomic E-state index is 0. The Bertz CT molecular complexity index is 404. The van der Waals surface area contributed by atoms with Gasteiger partial charge in [-0.1, -0.05) is 18.2 Å². The molecule has 0 spiro atoms. The van der Waals surface area contributed by atoms with Crippen LogP contribution in [0.3, 0.4) is 0 Å². The number of carbonyl (C=O) groups is 1. The Morgan fingerprint density at radius 1 is 1.47 bits per heavy atom. The van der Waals surface area contributed by atoms with Crippen molar-refractivity contribution in [2.75, 3.05) is 13.7 Å². The molecule has 0 aromatic heterocycles. The molecule has 106 valence electrons. The van der Waals surface area contributed by atoms with Crippen LogP contribution in [0.1, 0.15) is 12.5 Å². The van der Waals surface area contributed by atoms with Gasteiger partial charge in [0.05, 0.1) is 13.2 Å². The van der Waals surface area contributed by atoms with E-state index in [4.69, 9.17) is 10.5 Å². The molecule has 1 aromatic carbocycles. The van der Waals surface area contributed by atoms with Gasteiger partial charge in [0.1, 0.15) is 5.75 Å². The van der Waals surface area contributed by atoms with Gasteiger partial charge in [-0.3, -0.25) is 4.79 Å². The molecule has 0 radical (unpaired) electrons. The van der Waals surface area contributed by atoms with Gasteiger partial charge < -0.3 is 15.4 Å². The predicted octanol–water partition coefficient (Wildman–Crippen LogP) is 1.98. The first-order valence-electron chi connectivity index (χ1n) is 5.86. The van der Waals surface area contributed by atoms with Crippen molar-refractivity contribution in [2.24, 2.45) is 5.73 Å². The van der Waals surface area contributed by atoms with Gasteiger partial charge >= 0.3 is 0 Å². The molecule has 4 nitrogen and oxygen atoms in total. The van der Waals surface area contributed by atoms with Crippen LogP contribution in [0.2, 0.25) is 0 Å². The number of nitrogens with zero attached hydrogens (tertiary/aromatic N) is 1. The highest BCUT2D eigenvalue weighted by molar-refractivity contribution is 5.85. The number of methoxy groups -OCH3 is 1. The third-order valence-corrected chi connectivity index (χ3v) is 2.58. The standard InChI is InChI=1S/C14H20N2O2.ClH/c1-4-9-16(14(17)11(2)15)10-12-5-7-13(18-3)8-6-12;/h4-8,11H,1,9-10,15H2,2-3H3;1H/t11-;/m1./s1. The van der Waals surface area contributed by atoms with Crippen molar-refractivity contribution in [2.45, 2.75) is 19.5 Å². The highest BCUT2D eigenvalue weighted by Crippen LogP contribution is 2.13. The number of rotatable bonds is 6. The molecule has 0 saturated heterocycles. The molecule has 0 saturated carbocycles. The molecular weight excluding hydrogens is 264 g/mol. The van der Waals surface area contributed by atoms with E-state index in [0.717, 1.165) is 11.3 Å². The average molecular weight is 285 g/mol. The van der Waals surface area contributed by atoms with Crippen LogP contribution in [0.4, 0.5) is 0 Å². The summed E-state index contributed by atoms with van der Waals surface area (Å²) in [5.41, 5.74) is 6.65. The first kappa shape index (κ1) is 17.5. The maximum Gasteiger partial charge on any atom is 0.239 e. The zero-order valence-electron chi connectivity index (χ0n) is 11.3. The van der Waals surface area contributed by atoms with Crippen LogP contribution in [0.25, 0.3) is 0 Å². The van der Waals surface area contributed by atoms with Crippen molar-refractivity contribution in [3.8, 4) is 5.75 Å². The zero-order chi connectivity index (χ0) is 13.5. The van der Waals surface area contributed by atoms with Crippen LogP contribution in [0, 0.1) is 0 Å². The van der Waals surface area contributed by atoms with Gasteiger partial charge in [0.15, 0.2) is 0 Å². The molecule has 1 amide bonds. The fraction of sp³-hybridized carbons (Fsp3) is 0.357. The predicted molar refractivity (Wildman–Crippen MR) is 79.5 cm³/mol. The van der Waals surface area contributed by atoms with E-state index in [1.54, 1.807) is 25.0 Å². The second kappa shape index (κ2) is 8.56. The smallest absolute Gasteiger partial charge is 0.239 e. The Hall–Kier alpha value is -1.52. The molecule has 0 aliphatic carbocycles. The number of halogens is 1. The molecule has 0 aliphatic heterocycles. The lowest BCUT2D eigenvalue weighted by Gasteiger charge is -2.23. The summed E-state index contributed by atoms with van der Waals surface area (Å²) >= 11 is 0. The average Bonchev–Trinajstić information content (AvgIpc) is 2.38. The topological polar surface area (TPSA) is 55.6 Å². The molecule has 0 aliphatic rings. The van der Waals surface area contributed by atoms with Crippen molar-refractivity contribution in [1.82, 2.24) is 4.90 Å². The van der Waals surface area contributed by atoms with Gasteiger partial charge in [0.25, 0.3) is 0 Å². The van der Waals surface area contributed by atoms with Crippen molar-refractivity contribution in [3.05, 3.63) is 42.5 Å². The minimum atomic E-state index is -0.497. The number of carbonyl (C=O) groups excluding carboxylic acids is 1. The van der Waals surface area contributed by atoms with Crippen LogP contribution >= 0.6 is 12.4 Å². The third-order valence-electron chi connectivity index (χ3n) is 2.58. The summed E-state index contributed by atoms with van der Waals surface area (Å²) in [6.07, 6.45) is 1.70. The second-order valence-corrected chi connectivity index (χ2v) is 4.14. The molecule has 0 unspecified atom stereocenters. The van der Waals surface area contributed by atoms with E-state index in [1.807, 2.05) is 24.3 Å². The van der Waals surface area contributed by atoms with Gasteiger partial charge in [0, 0.05) is 13.1 Å². The van der Waals surface area contributed by atoms with Gasteiger partial charge in [-0.2, -0.15) is 0 Å². The molecule has 0 heterocycles. The summed E-state index contributed by atoms with van der Waals surface area (Å²) in [7, 11) is 1.62. The summed E-state index contributed by atoms with van der Waals surface area (Å²) in [6, 6.07) is 7.12. The first-order chi connectivity index (χ1) is 8.58. The molecule has 0 fully saturated rings. The maximum atomic E-state index is 11.9. The molecule has 19 heavy (non-hydrogen) atoms. The van der Waals surface area contributed by atoms with Gasteiger partial charge in [-0.15, -0.1) is 19.0 Å². The van der Waals surface area contributed by atoms with Gasteiger partial charge in [-0.05, 0) is 24.6 Å². The molecule has 1 atom stereocenters. The van der Waals surface area contributed by atoms with Crippen molar-refractivity contribution < 1.29 is 9.53 Å². The monoisotopic (exact) mass is 284 g/mol. The van der Waals surface area contributed by atoms with E-state index in [9.17, 15) is 4.79 Å². The van der Waals surface area contributed by atoms with Crippen molar-refractivity contribution >= 4 is 18.3 Å². The Morgan fingerprint density at radius 3 is 2.47 bits per heavy atom. The highest BCUT2D eigenvalue weighted by atomic mass is 35.5. The summed E-state index contributed by atoms with van der Waals surface area (Å²) in [5, 5.41) is 0. The van der Waals surface area contributed by atoms with Crippen LogP contribution in [0.5, 0.6) is 5.75 Å². The Morgan fingerprint density at radius 2 is 2.05 bits per heavy atom. The molecule has 1 rings (SSSR count). The Kier molecular flexibility index (Phi) is 7.87. The Balaban J connectivity index is 0.00000324.